The minimum absolute atomic E-state index is 0.0639. The van der Waals surface area contributed by atoms with Crippen molar-refractivity contribution in [3.8, 4) is 0 Å². The highest BCUT2D eigenvalue weighted by Crippen LogP contribution is 2.27. The zero-order valence-corrected chi connectivity index (χ0v) is 14.7. The zero-order chi connectivity index (χ0) is 17.6. The Balaban J connectivity index is 1.85. The van der Waals surface area contributed by atoms with Crippen LogP contribution in [0, 0.1) is 0 Å². The molecule has 2 heterocycles. The molecule has 3 atom stereocenters. The van der Waals surface area contributed by atoms with E-state index in [1.54, 1.807) is 0 Å². The molecule has 2 aliphatic rings. The largest absolute Gasteiger partial charge is 0.463 e. The molecular formula is C14H24O9S. The standard InChI is InChI=1S/C14H24O9S/c1-3-4-13(15)20-7-11-5-18-9-14(22-11)10-19-6-12(23-14)8-21-24(2,16)17/h11-12H,3-10H2,1-2H3/t11-,12-,14-/m0/s1. The van der Waals surface area contributed by atoms with E-state index in [9.17, 15) is 13.2 Å². The van der Waals surface area contributed by atoms with Gasteiger partial charge < -0.3 is 23.7 Å². The van der Waals surface area contributed by atoms with Gasteiger partial charge in [0.25, 0.3) is 10.1 Å². The third kappa shape index (κ3) is 6.26. The van der Waals surface area contributed by atoms with Crippen LogP contribution in [0.2, 0.25) is 0 Å². The van der Waals surface area contributed by atoms with Crippen molar-refractivity contribution in [3.05, 3.63) is 0 Å². The van der Waals surface area contributed by atoms with E-state index in [-0.39, 0.29) is 45.6 Å². The van der Waals surface area contributed by atoms with Crippen molar-refractivity contribution in [2.45, 2.75) is 37.8 Å². The molecule has 0 N–H and O–H groups in total. The Kier molecular flexibility index (Phi) is 6.96. The molecule has 0 unspecified atom stereocenters. The Labute approximate surface area is 141 Å². The van der Waals surface area contributed by atoms with E-state index >= 15 is 0 Å². The van der Waals surface area contributed by atoms with E-state index in [0.717, 1.165) is 6.26 Å². The Bertz CT molecular complexity index is 516. The molecule has 0 radical (unpaired) electrons. The van der Waals surface area contributed by atoms with Crippen LogP contribution in [-0.4, -0.2) is 78.3 Å². The lowest BCUT2D eigenvalue weighted by molar-refractivity contribution is -0.374. The van der Waals surface area contributed by atoms with E-state index in [1.165, 1.54) is 0 Å². The maximum atomic E-state index is 11.4. The number of esters is 1. The van der Waals surface area contributed by atoms with Crippen molar-refractivity contribution in [2.24, 2.45) is 0 Å². The van der Waals surface area contributed by atoms with Crippen molar-refractivity contribution in [1.82, 2.24) is 0 Å². The lowest BCUT2D eigenvalue weighted by Crippen LogP contribution is -2.59. The fourth-order valence-electron chi connectivity index (χ4n) is 2.40. The summed E-state index contributed by atoms with van der Waals surface area (Å²) in [6, 6.07) is 0. The Morgan fingerprint density at radius 1 is 1.12 bits per heavy atom. The lowest BCUT2D eigenvalue weighted by Gasteiger charge is -2.44. The van der Waals surface area contributed by atoms with Crippen molar-refractivity contribution in [2.75, 3.05) is 45.9 Å². The quantitative estimate of drug-likeness (QED) is 0.447. The van der Waals surface area contributed by atoms with E-state index < -0.39 is 28.1 Å². The molecule has 0 aromatic carbocycles. The van der Waals surface area contributed by atoms with E-state index in [0.29, 0.717) is 12.8 Å². The predicted octanol–water partition coefficient (Wildman–Crippen LogP) is -0.167. The third-order valence-electron chi connectivity index (χ3n) is 3.37. The lowest BCUT2D eigenvalue weighted by atomic mass is 10.2. The number of hydrogen-bond acceptors (Lipinski definition) is 9. The van der Waals surface area contributed by atoms with Crippen LogP contribution in [0.15, 0.2) is 0 Å². The summed E-state index contributed by atoms with van der Waals surface area (Å²) >= 11 is 0. The summed E-state index contributed by atoms with van der Waals surface area (Å²) in [5.41, 5.74) is 0. The molecule has 9 nitrogen and oxygen atoms in total. The summed E-state index contributed by atoms with van der Waals surface area (Å²) in [5, 5.41) is 0. The van der Waals surface area contributed by atoms with Gasteiger partial charge in [-0.1, -0.05) is 6.92 Å². The van der Waals surface area contributed by atoms with E-state index in [4.69, 9.17) is 27.9 Å². The highest BCUT2D eigenvalue weighted by Gasteiger charge is 2.45. The maximum Gasteiger partial charge on any atom is 0.305 e. The van der Waals surface area contributed by atoms with Gasteiger partial charge in [0.2, 0.25) is 5.79 Å². The van der Waals surface area contributed by atoms with Crippen LogP contribution in [0.1, 0.15) is 19.8 Å². The van der Waals surface area contributed by atoms with Gasteiger partial charge in [-0.25, -0.2) is 0 Å². The van der Waals surface area contributed by atoms with Gasteiger partial charge in [-0.3, -0.25) is 8.98 Å². The van der Waals surface area contributed by atoms with Gasteiger partial charge in [0, 0.05) is 6.42 Å². The predicted molar refractivity (Wildman–Crippen MR) is 80.8 cm³/mol. The van der Waals surface area contributed by atoms with Crippen LogP contribution >= 0.6 is 0 Å². The van der Waals surface area contributed by atoms with E-state index in [2.05, 4.69) is 0 Å². The Hall–Kier alpha value is -0.780. The molecule has 0 saturated carbocycles. The Morgan fingerprint density at radius 2 is 1.71 bits per heavy atom. The van der Waals surface area contributed by atoms with Crippen LogP contribution in [0.3, 0.4) is 0 Å². The summed E-state index contributed by atoms with van der Waals surface area (Å²) < 4.78 is 54.6. The van der Waals surface area contributed by atoms with Crippen LogP contribution in [0.4, 0.5) is 0 Å². The molecule has 2 rings (SSSR count). The van der Waals surface area contributed by atoms with Gasteiger partial charge in [-0.05, 0) is 6.42 Å². The van der Waals surface area contributed by atoms with Gasteiger partial charge in [0.1, 0.15) is 32.0 Å². The average molecular weight is 368 g/mol. The SMILES string of the molecule is CCCC(=O)OC[C@@H]1COC[C@]2(COC[C@@H](COS(C)(=O)=O)O2)O1. The number of carbonyl (C=O) groups is 1. The van der Waals surface area contributed by atoms with Crippen LogP contribution in [-0.2, 0) is 42.8 Å². The second kappa shape index (κ2) is 8.54. The fraction of sp³-hybridized carbons (Fsp3) is 0.929. The number of ether oxygens (including phenoxy) is 5. The first-order valence-corrected chi connectivity index (χ1v) is 9.65. The van der Waals surface area contributed by atoms with Crippen molar-refractivity contribution < 1.29 is 41.1 Å². The fourth-order valence-corrected chi connectivity index (χ4v) is 2.80. The third-order valence-corrected chi connectivity index (χ3v) is 3.93. The van der Waals surface area contributed by atoms with E-state index in [1.807, 2.05) is 6.92 Å². The molecule has 0 aromatic heterocycles. The molecule has 2 saturated heterocycles. The summed E-state index contributed by atoms with van der Waals surface area (Å²) in [6.07, 6.45) is 0.955. The summed E-state index contributed by atoms with van der Waals surface area (Å²) in [7, 11) is -3.57. The van der Waals surface area contributed by atoms with Gasteiger partial charge in [0.05, 0.1) is 26.1 Å². The number of hydrogen-bond donors (Lipinski definition) is 0. The van der Waals surface area contributed by atoms with Crippen molar-refractivity contribution in [1.29, 1.82) is 0 Å². The highest BCUT2D eigenvalue weighted by atomic mass is 32.2. The molecule has 2 fully saturated rings. The summed E-state index contributed by atoms with van der Waals surface area (Å²) in [6.45, 7) is 2.53. The first-order valence-electron chi connectivity index (χ1n) is 7.83. The highest BCUT2D eigenvalue weighted by molar-refractivity contribution is 7.85. The monoisotopic (exact) mass is 368 g/mol. The molecule has 0 aliphatic carbocycles. The molecular weight excluding hydrogens is 344 g/mol. The number of carbonyl (C=O) groups excluding carboxylic acids is 1. The molecule has 1 spiro atoms. The first kappa shape index (κ1) is 19.5. The smallest absolute Gasteiger partial charge is 0.305 e. The normalized spacial score (nSPS) is 31.1. The molecule has 2 aliphatic heterocycles. The van der Waals surface area contributed by atoms with Gasteiger partial charge in [-0.2, -0.15) is 8.42 Å². The molecule has 0 bridgehead atoms. The second-order valence-electron chi connectivity index (χ2n) is 5.84. The maximum absolute atomic E-state index is 11.4. The molecule has 0 aromatic rings. The second-order valence-corrected chi connectivity index (χ2v) is 7.49. The summed E-state index contributed by atoms with van der Waals surface area (Å²) in [5.74, 6) is -1.44. The minimum Gasteiger partial charge on any atom is -0.463 e. The summed E-state index contributed by atoms with van der Waals surface area (Å²) in [4.78, 5) is 11.4. The molecule has 10 heteroatoms. The molecule has 0 amide bonds. The molecule has 140 valence electrons. The van der Waals surface area contributed by atoms with Gasteiger partial charge in [-0.15, -0.1) is 0 Å². The van der Waals surface area contributed by atoms with Crippen molar-refractivity contribution in [3.63, 3.8) is 0 Å². The molecule has 24 heavy (non-hydrogen) atoms. The topological polar surface area (TPSA) is 107 Å². The average Bonchev–Trinajstić information content (AvgIpc) is 2.51. The minimum atomic E-state index is -3.57. The Morgan fingerprint density at radius 3 is 2.25 bits per heavy atom. The van der Waals surface area contributed by atoms with Gasteiger partial charge >= 0.3 is 5.97 Å². The van der Waals surface area contributed by atoms with Crippen LogP contribution in [0.5, 0.6) is 0 Å². The van der Waals surface area contributed by atoms with Crippen LogP contribution in [0.25, 0.3) is 0 Å². The van der Waals surface area contributed by atoms with Crippen molar-refractivity contribution >= 4 is 16.1 Å². The van der Waals surface area contributed by atoms with Gasteiger partial charge in [0.15, 0.2) is 0 Å². The first-order chi connectivity index (χ1) is 11.3. The number of rotatable bonds is 7. The van der Waals surface area contributed by atoms with Crippen LogP contribution < -0.4 is 0 Å². The zero-order valence-electron chi connectivity index (χ0n) is 13.9.